The molecule has 5 atom stereocenters. The minimum absolute atomic E-state index is 0.0183. The van der Waals surface area contributed by atoms with Crippen LogP contribution in [0.4, 0.5) is 5.69 Å². The van der Waals surface area contributed by atoms with Crippen molar-refractivity contribution in [1.29, 1.82) is 0 Å². The van der Waals surface area contributed by atoms with Crippen LogP contribution in [0.5, 0.6) is 5.75 Å². The number of hydrogen-bond donors (Lipinski definition) is 1. The number of methoxy groups -OCH3 is 1. The Hall–Kier alpha value is -1.89. The lowest BCUT2D eigenvalue weighted by atomic mass is 9.72. The molecule has 3 saturated heterocycles. The van der Waals surface area contributed by atoms with Gasteiger partial charge in [0, 0.05) is 24.6 Å². The molecule has 0 aromatic heterocycles. The summed E-state index contributed by atoms with van der Waals surface area (Å²) < 4.78 is 11.7. The zero-order valence-corrected chi connectivity index (χ0v) is 16.0. The van der Waals surface area contributed by atoms with Crippen molar-refractivity contribution < 1.29 is 19.1 Å². The van der Waals surface area contributed by atoms with Crippen molar-refractivity contribution in [2.75, 3.05) is 32.4 Å². The zero-order chi connectivity index (χ0) is 18.8. The van der Waals surface area contributed by atoms with Crippen LogP contribution in [0.15, 0.2) is 29.8 Å². The van der Waals surface area contributed by atoms with Crippen molar-refractivity contribution in [2.45, 2.75) is 37.3 Å². The Morgan fingerprint density at radius 1 is 1.37 bits per heavy atom. The Kier molecular flexibility index (Phi) is 3.86. The number of fused-ring (bicyclic) bond motifs is 2. The number of hydroxylamine groups is 1. The van der Waals surface area contributed by atoms with E-state index in [0.717, 1.165) is 30.6 Å². The quantitative estimate of drug-likeness (QED) is 0.809. The molecule has 0 unspecified atom stereocenters. The number of rotatable bonds is 2. The fourth-order valence-electron chi connectivity index (χ4n) is 5.81. The summed E-state index contributed by atoms with van der Waals surface area (Å²) in [6.45, 7) is 3.72. The Balaban J connectivity index is 1.67. The Labute approximate surface area is 159 Å². The van der Waals surface area contributed by atoms with Crippen molar-refractivity contribution >= 4 is 11.6 Å². The van der Waals surface area contributed by atoms with Gasteiger partial charge in [0.1, 0.15) is 11.2 Å². The van der Waals surface area contributed by atoms with E-state index < -0.39 is 5.41 Å². The molecule has 5 aliphatic rings. The topological polar surface area (TPSA) is 60.0 Å². The fourth-order valence-corrected chi connectivity index (χ4v) is 5.81. The smallest absolute Gasteiger partial charge is 0.264 e. The van der Waals surface area contributed by atoms with Crippen molar-refractivity contribution in [3.8, 4) is 5.75 Å². The van der Waals surface area contributed by atoms with E-state index in [0.29, 0.717) is 24.2 Å². The SMILES string of the molecule is C/C=C1\CN[C@@H]2C[C@@]3(C(=O)N(OC)c4cc(OC)ccc43)[C@H]3C[C@H]1[C@H]2CO3. The number of carbonyl (C=O) groups excluding carboxylic acids is 1. The molecule has 1 aromatic rings. The molecule has 6 rings (SSSR count). The second-order valence-corrected chi connectivity index (χ2v) is 8.02. The molecule has 1 amide bonds. The van der Waals surface area contributed by atoms with E-state index in [2.05, 4.69) is 18.3 Å². The molecule has 4 aliphatic heterocycles. The summed E-state index contributed by atoms with van der Waals surface area (Å²) in [6.07, 6.45) is 3.72. The van der Waals surface area contributed by atoms with Gasteiger partial charge in [-0.3, -0.25) is 9.63 Å². The van der Waals surface area contributed by atoms with Crippen molar-refractivity contribution in [1.82, 2.24) is 5.32 Å². The van der Waals surface area contributed by atoms with Gasteiger partial charge in [-0.15, -0.1) is 0 Å². The molecule has 4 heterocycles. The van der Waals surface area contributed by atoms with Crippen molar-refractivity contribution in [2.24, 2.45) is 11.8 Å². The van der Waals surface area contributed by atoms with E-state index in [1.165, 1.54) is 10.6 Å². The first-order valence-electron chi connectivity index (χ1n) is 9.71. The molecule has 4 fully saturated rings. The highest BCUT2D eigenvalue weighted by molar-refractivity contribution is 6.07. The van der Waals surface area contributed by atoms with E-state index >= 15 is 0 Å². The van der Waals surface area contributed by atoms with E-state index in [9.17, 15) is 4.79 Å². The van der Waals surface area contributed by atoms with Gasteiger partial charge in [0.25, 0.3) is 5.91 Å². The number of amides is 1. The number of hydrogen-bond acceptors (Lipinski definition) is 5. The van der Waals surface area contributed by atoms with E-state index in [-0.39, 0.29) is 18.1 Å². The highest BCUT2D eigenvalue weighted by atomic mass is 16.7. The monoisotopic (exact) mass is 370 g/mol. The molecule has 1 N–H and O–H groups in total. The number of nitrogens with one attached hydrogen (secondary N) is 1. The number of benzene rings is 1. The maximum atomic E-state index is 13.7. The summed E-state index contributed by atoms with van der Waals surface area (Å²) in [5.74, 6) is 1.61. The van der Waals surface area contributed by atoms with Crippen LogP contribution in [-0.4, -0.2) is 45.4 Å². The molecular formula is C21H26N2O4. The summed E-state index contributed by atoms with van der Waals surface area (Å²) in [7, 11) is 3.18. The molecule has 1 spiro atoms. The van der Waals surface area contributed by atoms with Gasteiger partial charge in [-0.2, -0.15) is 5.06 Å². The second kappa shape index (κ2) is 6.06. The van der Waals surface area contributed by atoms with Gasteiger partial charge in [-0.05, 0) is 37.3 Å². The van der Waals surface area contributed by atoms with Crippen LogP contribution >= 0.6 is 0 Å². The van der Waals surface area contributed by atoms with Gasteiger partial charge in [0.15, 0.2) is 0 Å². The van der Waals surface area contributed by atoms with Gasteiger partial charge in [-0.1, -0.05) is 17.7 Å². The number of carbonyl (C=O) groups is 1. The van der Waals surface area contributed by atoms with Gasteiger partial charge in [0.2, 0.25) is 0 Å². The lowest BCUT2D eigenvalue weighted by Gasteiger charge is -2.42. The van der Waals surface area contributed by atoms with Gasteiger partial charge >= 0.3 is 0 Å². The minimum atomic E-state index is -0.706. The Bertz CT molecular complexity index is 822. The number of allylic oxidation sites excluding steroid dienone is 1. The predicted octanol–water partition coefficient (Wildman–Crippen LogP) is 2.18. The lowest BCUT2D eigenvalue weighted by molar-refractivity contribution is -0.137. The normalized spacial score (nSPS) is 38.4. The summed E-state index contributed by atoms with van der Waals surface area (Å²) >= 11 is 0. The van der Waals surface area contributed by atoms with E-state index in [4.69, 9.17) is 14.3 Å². The first kappa shape index (κ1) is 17.2. The molecule has 1 aliphatic carbocycles. The van der Waals surface area contributed by atoms with Gasteiger partial charge < -0.3 is 14.8 Å². The summed E-state index contributed by atoms with van der Waals surface area (Å²) in [5.41, 5.74) is 2.52. The van der Waals surface area contributed by atoms with E-state index in [1.807, 2.05) is 18.2 Å². The summed E-state index contributed by atoms with van der Waals surface area (Å²) in [5, 5.41) is 5.12. The van der Waals surface area contributed by atoms with Crippen LogP contribution in [0.1, 0.15) is 25.3 Å². The fraction of sp³-hybridized carbons (Fsp3) is 0.571. The number of ether oxygens (including phenoxy) is 2. The van der Waals surface area contributed by atoms with Crippen LogP contribution in [0.25, 0.3) is 0 Å². The third kappa shape index (κ3) is 2.15. The highest BCUT2D eigenvalue weighted by Gasteiger charge is 2.63. The second-order valence-electron chi connectivity index (χ2n) is 8.02. The average Bonchev–Trinajstić information content (AvgIpc) is 2.80. The molecule has 6 heteroatoms. The van der Waals surface area contributed by atoms with Crippen LogP contribution in [0.2, 0.25) is 0 Å². The summed E-state index contributed by atoms with van der Waals surface area (Å²) in [4.78, 5) is 19.2. The number of nitrogens with zero attached hydrogens (tertiary/aromatic N) is 1. The maximum absolute atomic E-state index is 13.7. The first-order chi connectivity index (χ1) is 13.1. The van der Waals surface area contributed by atoms with E-state index in [1.54, 1.807) is 14.2 Å². The largest absolute Gasteiger partial charge is 0.497 e. The predicted molar refractivity (Wildman–Crippen MR) is 101 cm³/mol. The lowest BCUT2D eigenvalue weighted by Crippen LogP contribution is -2.50. The molecular weight excluding hydrogens is 344 g/mol. The maximum Gasteiger partial charge on any atom is 0.264 e. The third-order valence-corrected chi connectivity index (χ3v) is 7.15. The number of piperidine rings is 1. The molecule has 27 heavy (non-hydrogen) atoms. The molecule has 4 bridgehead atoms. The van der Waals surface area contributed by atoms with Crippen LogP contribution in [-0.2, 0) is 19.8 Å². The molecule has 1 saturated carbocycles. The zero-order valence-electron chi connectivity index (χ0n) is 16.0. The molecule has 6 nitrogen and oxygen atoms in total. The highest BCUT2D eigenvalue weighted by Crippen LogP contribution is 2.56. The molecule has 0 radical (unpaired) electrons. The number of anilines is 1. The minimum Gasteiger partial charge on any atom is -0.497 e. The Morgan fingerprint density at radius 2 is 2.22 bits per heavy atom. The average molecular weight is 370 g/mol. The summed E-state index contributed by atoms with van der Waals surface area (Å²) in [6, 6.07) is 6.11. The third-order valence-electron chi connectivity index (χ3n) is 7.15. The molecule has 1 aromatic carbocycles. The Morgan fingerprint density at radius 3 is 2.96 bits per heavy atom. The van der Waals surface area contributed by atoms with Gasteiger partial charge in [0.05, 0.1) is 32.6 Å². The van der Waals surface area contributed by atoms with Crippen LogP contribution < -0.4 is 15.1 Å². The van der Waals surface area contributed by atoms with Crippen LogP contribution in [0, 0.1) is 11.8 Å². The van der Waals surface area contributed by atoms with Crippen molar-refractivity contribution in [3.63, 3.8) is 0 Å². The molecule has 144 valence electrons. The standard InChI is InChI=1S/C21H26N2O4/c1-4-12-10-22-17-9-21(19-8-14(12)15(17)11-27-19)16-6-5-13(25-2)7-18(16)23(26-3)20(21)24/h4-7,14-15,17,19,22H,8-11H2,1-3H3/b12-4+/t14-,15-,17-,19-,21+/m1/s1. The van der Waals surface area contributed by atoms with Crippen molar-refractivity contribution in [3.05, 3.63) is 35.4 Å². The van der Waals surface area contributed by atoms with Crippen LogP contribution in [0.3, 0.4) is 0 Å². The first-order valence-corrected chi connectivity index (χ1v) is 9.71. The van der Waals surface area contributed by atoms with Gasteiger partial charge in [-0.25, -0.2) is 0 Å².